The number of hydrogen-bond donors (Lipinski definition) is 1. The van der Waals surface area contributed by atoms with Gasteiger partial charge in [0.1, 0.15) is 0 Å². The van der Waals surface area contributed by atoms with Crippen LogP contribution in [0.2, 0.25) is 0 Å². The lowest BCUT2D eigenvalue weighted by molar-refractivity contribution is 0.590. The fourth-order valence-corrected chi connectivity index (χ4v) is 9.28. The van der Waals surface area contributed by atoms with Gasteiger partial charge in [-0.15, -0.1) is 0 Å². The van der Waals surface area contributed by atoms with E-state index < -0.39 is 0 Å². The molecule has 0 fully saturated rings. The molecule has 0 aliphatic carbocycles. The predicted molar refractivity (Wildman–Crippen MR) is 254 cm³/mol. The van der Waals surface area contributed by atoms with Gasteiger partial charge in [-0.05, 0) is 147 Å². The minimum Gasteiger partial charge on any atom is -0.352 e. The van der Waals surface area contributed by atoms with E-state index in [1.165, 1.54) is 87.8 Å². The lowest BCUT2D eigenvalue weighted by atomic mass is 9.83. The first-order valence-electron chi connectivity index (χ1n) is 21.3. The van der Waals surface area contributed by atoms with Crippen LogP contribution in [0, 0.1) is 51.4 Å². The summed E-state index contributed by atoms with van der Waals surface area (Å²) in [5.74, 6) is 15.0. The average molecular weight is 770 g/mol. The van der Waals surface area contributed by atoms with Gasteiger partial charge in [0.2, 0.25) is 0 Å². The van der Waals surface area contributed by atoms with E-state index in [1.807, 2.05) is 0 Å². The van der Waals surface area contributed by atoms with E-state index >= 15 is 0 Å². The molecule has 0 spiro atoms. The summed E-state index contributed by atoms with van der Waals surface area (Å²) in [4.78, 5) is 3.93. The lowest BCUT2D eigenvalue weighted by Gasteiger charge is -2.20. The third-order valence-corrected chi connectivity index (χ3v) is 12.4. The predicted octanol–water partition coefficient (Wildman–Crippen LogP) is 14.2. The van der Waals surface area contributed by atoms with Gasteiger partial charge in [0.05, 0.1) is 22.1 Å². The maximum Gasteiger partial charge on any atom is 0.0650 e. The number of aryl methyl sites for hydroxylation is 6. The number of rotatable bonds is 2. The molecule has 0 unspecified atom stereocenters. The Hall–Kier alpha value is -6.16. The van der Waals surface area contributed by atoms with Crippen LogP contribution in [-0.2, 0) is 23.9 Å². The number of hydrogen-bond acceptors (Lipinski definition) is 0. The Bertz CT molecular complexity index is 3130. The van der Waals surface area contributed by atoms with Gasteiger partial charge in [-0.3, -0.25) is 0 Å². The Morgan fingerprint density at radius 3 is 1.17 bits per heavy atom. The Balaban J connectivity index is 1.30. The summed E-state index contributed by atoms with van der Waals surface area (Å²) in [7, 11) is 0. The summed E-state index contributed by atoms with van der Waals surface area (Å²) in [6.07, 6.45) is 0. The Kier molecular flexibility index (Phi) is 8.92. The van der Waals surface area contributed by atoms with Crippen LogP contribution in [-0.4, -0.2) is 14.1 Å². The van der Waals surface area contributed by atoms with Crippen molar-refractivity contribution < 1.29 is 0 Å². The van der Waals surface area contributed by atoms with Crippen molar-refractivity contribution in [3.05, 3.63) is 141 Å². The molecule has 0 amide bonds. The number of benzene rings is 6. The molecule has 0 aliphatic heterocycles. The maximum atomic E-state index is 3.93. The first kappa shape index (κ1) is 38.4. The second kappa shape index (κ2) is 13.7. The van der Waals surface area contributed by atoms with Crippen molar-refractivity contribution in [1.29, 1.82) is 0 Å². The Labute approximate surface area is 349 Å². The second-order valence-corrected chi connectivity index (χ2v) is 19.0. The highest BCUT2D eigenvalue weighted by Gasteiger charge is 2.22. The molecule has 0 saturated heterocycles. The average Bonchev–Trinajstić information content (AvgIpc) is 3.82. The second-order valence-electron chi connectivity index (χ2n) is 19.0. The van der Waals surface area contributed by atoms with Crippen molar-refractivity contribution in [2.24, 2.45) is 0 Å². The Morgan fingerprint density at radius 1 is 0.424 bits per heavy atom. The topological polar surface area (TPSA) is 25.6 Å². The molecule has 3 heterocycles. The monoisotopic (exact) mass is 769 g/mol. The van der Waals surface area contributed by atoms with Crippen LogP contribution >= 0.6 is 0 Å². The molecule has 0 aliphatic rings. The number of nitrogens with one attached hydrogen (secondary N) is 1. The van der Waals surface area contributed by atoms with Crippen molar-refractivity contribution in [2.75, 3.05) is 0 Å². The molecular formula is C56H55N3. The van der Waals surface area contributed by atoms with Gasteiger partial charge in [0, 0.05) is 78.7 Å². The molecule has 59 heavy (non-hydrogen) atoms. The summed E-state index contributed by atoms with van der Waals surface area (Å²) in [5, 5.41) is 7.51. The molecule has 9 rings (SSSR count). The third-order valence-electron chi connectivity index (χ3n) is 12.4. The smallest absolute Gasteiger partial charge is 0.0650 e. The summed E-state index contributed by atoms with van der Waals surface area (Å²) in [5.41, 5.74) is 18.6. The molecule has 3 nitrogen and oxygen atoms in total. The summed E-state index contributed by atoms with van der Waals surface area (Å²) in [6.45, 7) is 28.7. The van der Waals surface area contributed by atoms with Crippen molar-refractivity contribution >= 4 is 65.4 Å². The van der Waals surface area contributed by atoms with E-state index in [0.717, 1.165) is 46.4 Å². The van der Waals surface area contributed by atoms with Crippen molar-refractivity contribution in [3.63, 3.8) is 0 Å². The number of nitrogens with zero attached hydrogens (tertiary/aromatic N) is 2. The quantitative estimate of drug-likeness (QED) is 0.170. The van der Waals surface area contributed by atoms with Crippen molar-refractivity contribution in [2.45, 2.75) is 107 Å². The fraction of sp³-hybridized carbons (Fsp3) is 0.286. The van der Waals surface area contributed by atoms with Crippen LogP contribution in [0.5, 0.6) is 0 Å². The molecule has 9 aromatic rings. The van der Waals surface area contributed by atoms with Crippen LogP contribution in [0.4, 0.5) is 0 Å². The van der Waals surface area contributed by atoms with E-state index in [0.29, 0.717) is 0 Å². The summed E-state index contributed by atoms with van der Waals surface area (Å²) in [6, 6.07) is 32.1. The van der Waals surface area contributed by atoms with Gasteiger partial charge in [-0.1, -0.05) is 88.5 Å². The zero-order chi connectivity index (χ0) is 41.7. The highest BCUT2D eigenvalue weighted by Crippen LogP contribution is 2.39. The molecule has 294 valence electrons. The van der Waals surface area contributed by atoms with Gasteiger partial charge < -0.3 is 14.1 Å². The van der Waals surface area contributed by atoms with Crippen LogP contribution < -0.4 is 0 Å². The number of aromatic amines is 1. The van der Waals surface area contributed by atoms with Gasteiger partial charge >= 0.3 is 0 Å². The van der Waals surface area contributed by atoms with Crippen molar-refractivity contribution in [1.82, 2.24) is 14.1 Å². The molecule has 0 atom stereocenters. The molecule has 3 heteroatoms. The minimum atomic E-state index is -0.0750. The molecular weight excluding hydrogens is 715 g/mol. The normalized spacial score (nSPS) is 12.3. The largest absolute Gasteiger partial charge is 0.352 e. The molecule has 0 radical (unpaired) electrons. The fourth-order valence-electron chi connectivity index (χ4n) is 9.28. The maximum absolute atomic E-state index is 3.93. The molecule has 0 saturated carbocycles. The molecule has 6 aromatic carbocycles. The van der Waals surface area contributed by atoms with Crippen LogP contribution in [0.15, 0.2) is 84.9 Å². The van der Waals surface area contributed by atoms with E-state index in [4.69, 9.17) is 0 Å². The van der Waals surface area contributed by atoms with Crippen LogP contribution in [0.25, 0.3) is 65.4 Å². The van der Waals surface area contributed by atoms with E-state index in [2.05, 4.69) is 206 Å². The van der Waals surface area contributed by atoms with Gasteiger partial charge in [0.25, 0.3) is 0 Å². The number of H-pyrrole nitrogens is 1. The van der Waals surface area contributed by atoms with Gasteiger partial charge in [-0.2, -0.15) is 0 Å². The van der Waals surface area contributed by atoms with E-state index in [9.17, 15) is 0 Å². The van der Waals surface area contributed by atoms with Crippen LogP contribution in [0.3, 0.4) is 0 Å². The Morgan fingerprint density at radius 2 is 0.797 bits per heavy atom. The lowest BCUT2D eigenvalue weighted by Crippen LogP contribution is -2.11. The SMILES string of the molecule is CCn1c2ccc(C)cc2c2cc(C)cc(C#Cc3cc(C(C)(C)C)cc4c3[nH]c3c(C#Cc5cc(C)cc6c7cc(C)ccc7n(CC)c56)cc(C(C)(C)C)cc34)c21. The molecule has 3 aromatic heterocycles. The van der Waals surface area contributed by atoms with Gasteiger partial charge in [0.15, 0.2) is 0 Å². The highest BCUT2D eigenvalue weighted by molar-refractivity contribution is 6.13. The highest BCUT2D eigenvalue weighted by atomic mass is 15.0. The number of fused-ring (bicyclic) bond motifs is 9. The third kappa shape index (κ3) is 6.40. The van der Waals surface area contributed by atoms with Crippen LogP contribution in [0.1, 0.15) is 111 Å². The van der Waals surface area contributed by atoms with E-state index in [-0.39, 0.29) is 10.8 Å². The first-order chi connectivity index (χ1) is 28.0. The zero-order valence-corrected chi connectivity index (χ0v) is 36.9. The summed E-state index contributed by atoms with van der Waals surface area (Å²) >= 11 is 0. The zero-order valence-electron chi connectivity index (χ0n) is 36.9. The van der Waals surface area contributed by atoms with Crippen molar-refractivity contribution in [3.8, 4) is 23.7 Å². The number of aromatic nitrogens is 3. The van der Waals surface area contributed by atoms with Gasteiger partial charge in [-0.25, -0.2) is 0 Å². The first-order valence-corrected chi connectivity index (χ1v) is 21.3. The van der Waals surface area contributed by atoms with E-state index in [1.54, 1.807) is 0 Å². The standard InChI is InChI=1S/C56H55N3/c1-13-58-49-21-15-33(3)25-43(49)47-27-35(5)23-39(53(47)58)19-17-37-29-41(55(7,8)9)31-45-46-32-42(56(10,11)12)30-38(52(46)57-51(37)45)18-20-40-24-36(6)28-48-44-26-34(4)16-22-50(44)59(14-2)54(40)48/h15-16,21-32,57H,13-14H2,1-12H3. The minimum absolute atomic E-state index is 0.0750. The summed E-state index contributed by atoms with van der Waals surface area (Å²) < 4.78 is 4.86. The molecule has 1 N–H and O–H groups in total. The molecule has 0 bridgehead atoms.